The summed E-state index contributed by atoms with van der Waals surface area (Å²) in [5, 5.41) is 2.99. The van der Waals surface area contributed by atoms with Crippen molar-refractivity contribution in [3.8, 4) is 0 Å². The molecule has 0 radical (unpaired) electrons. The molecule has 1 saturated carbocycles. The normalized spacial score (nSPS) is 23.8. The highest BCUT2D eigenvalue weighted by Gasteiger charge is 2.44. The molecular weight excluding hydrogens is 319 g/mol. The number of rotatable bonds is 6. The zero-order valence-electron chi connectivity index (χ0n) is 12.5. The minimum Gasteiger partial charge on any atom is -0.314 e. The van der Waals surface area contributed by atoms with E-state index in [4.69, 9.17) is 0 Å². The third-order valence-corrected chi connectivity index (χ3v) is 5.91. The molecule has 1 aliphatic carbocycles. The molecule has 0 bridgehead atoms. The number of sulfonamides is 1. The van der Waals surface area contributed by atoms with Crippen molar-refractivity contribution >= 4 is 10.0 Å². The summed E-state index contributed by atoms with van der Waals surface area (Å²) in [7, 11) is -3.65. The summed E-state index contributed by atoms with van der Waals surface area (Å²) in [5.74, 6) is 0.0279. The number of hydrogen-bond acceptors (Lipinski definition) is 4. The molecule has 0 amide bonds. The highest BCUT2D eigenvalue weighted by molar-refractivity contribution is 7.89. The van der Waals surface area contributed by atoms with Gasteiger partial charge in [-0.1, -0.05) is 12.8 Å². The molecule has 1 saturated heterocycles. The summed E-state index contributed by atoms with van der Waals surface area (Å²) in [6, 6.07) is -1.76. The van der Waals surface area contributed by atoms with E-state index in [1.807, 2.05) is 0 Å². The molecular formula is C13H24F3N3O2S. The molecule has 2 fully saturated rings. The SMILES string of the molecule is O=S(=O)(CC1CCCC1)NCC(N1CCNCC1)C(F)(F)F. The predicted molar refractivity (Wildman–Crippen MR) is 78.0 cm³/mol. The first-order valence-corrected chi connectivity index (χ1v) is 9.42. The van der Waals surface area contributed by atoms with Crippen LogP contribution in [0.4, 0.5) is 13.2 Å². The molecule has 5 nitrogen and oxygen atoms in total. The van der Waals surface area contributed by atoms with Crippen molar-refractivity contribution in [2.75, 3.05) is 38.5 Å². The van der Waals surface area contributed by atoms with E-state index in [0.717, 1.165) is 25.7 Å². The Morgan fingerprint density at radius 3 is 2.32 bits per heavy atom. The predicted octanol–water partition coefficient (Wildman–Crippen LogP) is 0.932. The van der Waals surface area contributed by atoms with Gasteiger partial charge in [0.1, 0.15) is 6.04 Å². The zero-order chi connectivity index (χ0) is 16.2. The molecule has 0 aromatic rings. The van der Waals surface area contributed by atoms with Crippen molar-refractivity contribution in [2.45, 2.75) is 37.9 Å². The van der Waals surface area contributed by atoms with Gasteiger partial charge in [-0.05, 0) is 18.8 Å². The quantitative estimate of drug-likeness (QED) is 0.753. The molecule has 2 aliphatic rings. The van der Waals surface area contributed by atoms with Gasteiger partial charge < -0.3 is 5.32 Å². The molecule has 0 aromatic carbocycles. The first-order chi connectivity index (χ1) is 10.3. The van der Waals surface area contributed by atoms with Crippen molar-refractivity contribution in [2.24, 2.45) is 5.92 Å². The van der Waals surface area contributed by atoms with E-state index in [-0.39, 0.29) is 24.8 Å². The van der Waals surface area contributed by atoms with Crippen LogP contribution in [0.3, 0.4) is 0 Å². The Hall–Kier alpha value is -0.380. The van der Waals surface area contributed by atoms with Gasteiger partial charge in [0.05, 0.1) is 5.75 Å². The Morgan fingerprint density at radius 2 is 1.77 bits per heavy atom. The maximum absolute atomic E-state index is 13.2. The van der Waals surface area contributed by atoms with E-state index in [2.05, 4.69) is 10.0 Å². The van der Waals surface area contributed by atoms with Crippen molar-refractivity contribution in [1.29, 1.82) is 0 Å². The fourth-order valence-corrected chi connectivity index (χ4v) is 4.68. The van der Waals surface area contributed by atoms with Crippen LogP contribution in [0.2, 0.25) is 0 Å². The van der Waals surface area contributed by atoms with Crippen molar-refractivity contribution in [3.63, 3.8) is 0 Å². The summed E-state index contributed by atoms with van der Waals surface area (Å²) in [5.41, 5.74) is 0. The van der Waals surface area contributed by atoms with Gasteiger partial charge >= 0.3 is 6.18 Å². The largest absolute Gasteiger partial charge is 0.405 e. The smallest absolute Gasteiger partial charge is 0.314 e. The number of hydrogen-bond donors (Lipinski definition) is 2. The lowest BCUT2D eigenvalue weighted by Crippen LogP contribution is -2.57. The number of alkyl halides is 3. The van der Waals surface area contributed by atoms with Crippen LogP contribution in [-0.4, -0.2) is 64.0 Å². The van der Waals surface area contributed by atoms with Crippen LogP contribution in [0, 0.1) is 5.92 Å². The molecule has 22 heavy (non-hydrogen) atoms. The molecule has 1 aliphatic heterocycles. The second-order valence-electron chi connectivity index (χ2n) is 6.12. The van der Waals surface area contributed by atoms with Crippen molar-refractivity contribution < 1.29 is 21.6 Å². The summed E-state index contributed by atoms with van der Waals surface area (Å²) in [6.07, 6.45) is -0.728. The molecule has 2 N–H and O–H groups in total. The Morgan fingerprint density at radius 1 is 1.18 bits per heavy atom. The third kappa shape index (κ3) is 5.36. The standard InChI is InChI=1S/C13H24F3N3O2S/c14-13(15,16)12(19-7-5-17-6-8-19)9-18-22(20,21)10-11-3-1-2-4-11/h11-12,17-18H,1-10H2. The van der Waals surface area contributed by atoms with Gasteiger partial charge in [-0.2, -0.15) is 13.2 Å². The molecule has 0 spiro atoms. The van der Waals surface area contributed by atoms with E-state index < -0.39 is 28.8 Å². The van der Waals surface area contributed by atoms with Gasteiger partial charge in [-0.3, -0.25) is 4.90 Å². The fourth-order valence-electron chi connectivity index (χ4n) is 3.20. The molecule has 0 aromatic heterocycles. The van der Waals surface area contributed by atoms with Gasteiger partial charge in [0.2, 0.25) is 10.0 Å². The van der Waals surface area contributed by atoms with Crippen LogP contribution in [-0.2, 0) is 10.0 Å². The molecule has 1 unspecified atom stereocenters. The minimum atomic E-state index is -4.44. The maximum Gasteiger partial charge on any atom is 0.405 e. The lowest BCUT2D eigenvalue weighted by molar-refractivity contribution is -0.182. The van der Waals surface area contributed by atoms with E-state index in [1.54, 1.807) is 0 Å². The van der Waals surface area contributed by atoms with Crippen LogP contribution < -0.4 is 10.0 Å². The highest BCUT2D eigenvalue weighted by Crippen LogP contribution is 2.27. The van der Waals surface area contributed by atoms with Crippen LogP contribution in [0.1, 0.15) is 25.7 Å². The van der Waals surface area contributed by atoms with Crippen LogP contribution in [0.25, 0.3) is 0 Å². The van der Waals surface area contributed by atoms with Crippen LogP contribution in [0.15, 0.2) is 0 Å². The maximum atomic E-state index is 13.2. The first-order valence-electron chi connectivity index (χ1n) is 7.77. The summed E-state index contributed by atoms with van der Waals surface area (Å²) in [6.45, 7) is 0.921. The van der Waals surface area contributed by atoms with E-state index in [9.17, 15) is 21.6 Å². The fraction of sp³-hybridized carbons (Fsp3) is 1.00. The molecule has 2 rings (SSSR count). The zero-order valence-corrected chi connectivity index (χ0v) is 13.3. The monoisotopic (exact) mass is 343 g/mol. The number of piperazine rings is 1. The Labute approximate surface area is 129 Å². The second kappa shape index (κ2) is 7.46. The average molecular weight is 343 g/mol. The van der Waals surface area contributed by atoms with Gasteiger partial charge in [0, 0.05) is 32.7 Å². The Balaban J connectivity index is 1.92. The lowest BCUT2D eigenvalue weighted by atomic mass is 10.1. The number of halogens is 3. The third-order valence-electron chi connectivity index (χ3n) is 4.40. The summed E-state index contributed by atoms with van der Waals surface area (Å²) in [4.78, 5) is 1.30. The number of nitrogens with one attached hydrogen (secondary N) is 2. The topological polar surface area (TPSA) is 61.4 Å². The molecule has 1 heterocycles. The van der Waals surface area contributed by atoms with Crippen LogP contribution in [0.5, 0.6) is 0 Å². The molecule has 9 heteroatoms. The lowest BCUT2D eigenvalue weighted by Gasteiger charge is -2.35. The van der Waals surface area contributed by atoms with Gasteiger partial charge in [-0.25, -0.2) is 13.1 Å². The second-order valence-corrected chi connectivity index (χ2v) is 7.98. The number of nitrogens with zero attached hydrogens (tertiary/aromatic N) is 1. The van der Waals surface area contributed by atoms with Crippen molar-refractivity contribution in [1.82, 2.24) is 14.9 Å². The highest BCUT2D eigenvalue weighted by atomic mass is 32.2. The van der Waals surface area contributed by atoms with Gasteiger partial charge in [0.25, 0.3) is 0 Å². The van der Waals surface area contributed by atoms with E-state index in [0.29, 0.717) is 13.1 Å². The first kappa shape index (κ1) is 18.0. The Bertz CT molecular complexity index is 444. The minimum absolute atomic E-state index is 0.0564. The molecule has 1 atom stereocenters. The Kier molecular flexibility index (Phi) is 6.09. The summed E-state index contributed by atoms with van der Waals surface area (Å²) >= 11 is 0. The molecule has 130 valence electrons. The van der Waals surface area contributed by atoms with Crippen molar-refractivity contribution in [3.05, 3.63) is 0 Å². The average Bonchev–Trinajstić information content (AvgIpc) is 2.90. The summed E-state index contributed by atoms with van der Waals surface area (Å²) < 4.78 is 65.7. The van der Waals surface area contributed by atoms with Gasteiger partial charge in [-0.15, -0.1) is 0 Å². The van der Waals surface area contributed by atoms with Gasteiger partial charge in [0.15, 0.2) is 0 Å². The van der Waals surface area contributed by atoms with E-state index in [1.165, 1.54) is 4.90 Å². The van der Waals surface area contributed by atoms with E-state index >= 15 is 0 Å². The van der Waals surface area contributed by atoms with Crippen LogP contribution >= 0.6 is 0 Å².